The Bertz CT molecular complexity index is 1250. The van der Waals surface area contributed by atoms with Crippen LogP contribution >= 0.6 is 0 Å². The van der Waals surface area contributed by atoms with E-state index in [0.29, 0.717) is 17.4 Å². The second kappa shape index (κ2) is 8.26. The molecular weight excluding hydrogens is 400 g/mol. The van der Waals surface area contributed by atoms with Crippen LogP contribution in [0.3, 0.4) is 0 Å². The van der Waals surface area contributed by atoms with Crippen LogP contribution in [0.15, 0.2) is 73.2 Å². The zero-order valence-electron chi connectivity index (χ0n) is 18.0. The molecule has 2 aromatic carbocycles. The summed E-state index contributed by atoms with van der Waals surface area (Å²) >= 11 is 0. The van der Waals surface area contributed by atoms with Gasteiger partial charge in [-0.05, 0) is 42.7 Å². The summed E-state index contributed by atoms with van der Waals surface area (Å²) in [7, 11) is 1.94. The molecule has 1 aliphatic rings. The third kappa shape index (κ3) is 4.09. The molecule has 32 heavy (non-hydrogen) atoms. The van der Waals surface area contributed by atoms with Gasteiger partial charge >= 0.3 is 0 Å². The number of carbonyl (C=O) groups is 1. The Morgan fingerprint density at radius 3 is 2.50 bits per heavy atom. The van der Waals surface area contributed by atoms with Gasteiger partial charge in [0.05, 0.1) is 6.20 Å². The van der Waals surface area contributed by atoms with Crippen molar-refractivity contribution in [3.8, 4) is 11.1 Å². The van der Waals surface area contributed by atoms with E-state index in [0.717, 1.165) is 28.9 Å². The van der Waals surface area contributed by atoms with Crippen LogP contribution < -0.4 is 10.6 Å². The number of hydrogen-bond donors (Lipinski definition) is 2. The lowest BCUT2D eigenvalue weighted by Gasteiger charge is -2.09. The Balaban J connectivity index is 1.23. The minimum Gasteiger partial charge on any atom is -0.349 e. The monoisotopic (exact) mass is 424 g/mol. The van der Waals surface area contributed by atoms with Crippen LogP contribution in [-0.4, -0.2) is 31.7 Å². The molecule has 1 aliphatic carbocycles. The summed E-state index contributed by atoms with van der Waals surface area (Å²) in [5.74, 6) is 0.741. The molecule has 160 valence electrons. The molecule has 7 nitrogen and oxygen atoms in total. The van der Waals surface area contributed by atoms with Crippen molar-refractivity contribution < 1.29 is 4.79 Å². The van der Waals surface area contributed by atoms with Crippen molar-refractivity contribution >= 4 is 17.5 Å². The molecule has 0 aliphatic heterocycles. The molecule has 2 unspecified atom stereocenters. The number of nitrogens with zero attached hydrogens (tertiary/aromatic N) is 4. The summed E-state index contributed by atoms with van der Waals surface area (Å²) in [5, 5.41) is 10.6. The molecule has 7 heteroatoms. The number of aromatic nitrogens is 4. The van der Waals surface area contributed by atoms with E-state index in [1.54, 1.807) is 12.4 Å². The lowest BCUT2D eigenvalue weighted by atomic mass is 10.1. The largest absolute Gasteiger partial charge is 0.349 e. The third-order valence-corrected chi connectivity index (χ3v) is 5.92. The lowest BCUT2D eigenvalue weighted by Crippen LogP contribution is -2.26. The van der Waals surface area contributed by atoms with Gasteiger partial charge in [0.2, 0.25) is 5.95 Å². The highest BCUT2D eigenvalue weighted by molar-refractivity contribution is 5.95. The number of aryl methyl sites for hydroxylation is 1. The summed E-state index contributed by atoms with van der Waals surface area (Å²) in [6.45, 7) is 2.06. The van der Waals surface area contributed by atoms with Gasteiger partial charge in [0, 0.05) is 53.9 Å². The van der Waals surface area contributed by atoms with Crippen molar-refractivity contribution in [2.75, 3.05) is 5.32 Å². The molecule has 2 atom stereocenters. The molecule has 4 aromatic rings. The number of amides is 1. The van der Waals surface area contributed by atoms with Crippen LogP contribution in [0.25, 0.3) is 11.1 Å². The van der Waals surface area contributed by atoms with Crippen molar-refractivity contribution in [2.45, 2.75) is 25.3 Å². The van der Waals surface area contributed by atoms with Crippen LogP contribution in [0.5, 0.6) is 0 Å². The fourth-order valence-corrected chi connectivity index (χ4v) is 3.87. The Morgan fingerprint density at radius 2 is 1.78 bits per heavy atom. The molecule has 0 radical (unpaired) electrons. The van der Waals surface area contributed by atoms with Gasteiger partial charge in [-0.3, -0.25) is 9.48 Å². The van der Waals surface area contributed by atoms with Gasteiger partial charge in [0.1, 0.15) is 0 Å². The number of hydrogen-bond acceptors (Lipinski definition) is 5. The normalized spacial score (nSPS) is 17.1. The first-order valence-electron chi connectivity index (χ1n) is 10.6. The third-order valence-electron chi connectivity index (χ3n) is 5.92. The van der Waals surface area contributed by atoms with Gasteiger partial charge in [0.25, 0.3) is 5.91 Å². The van der Waals surface area contributed by atoms with Crippen molar-refractivity contribution in [1.29, 1.82) is 0 Å². The maximum Gasteiger partial charge on any atom is 0.251 e. The fourth-order valence-electron chi connectivity index (χ4n) is 3.87. The number of nitrogens with one attached hydrogen (secondary N) is 2. The Morgan fingerprint density at radius 1 is 1.00 bits per heavy atom. The van der Waals surface area contributed by atoms with Crippen molar-refractivity contribution in [3.05, 3.63) is 90.0 Å². The van der Waals surface area contributed by atoms with Gasteiger partial charge < -0.3 is 10.6 Å². The van der Waals surface area contributed by atoms with E-state index in [9.17, 15) is 4.79 Å². The smallest absolute Gasteiger partial charge is 0.251 e. The first-order chi connectivity index (χ1) is 15.6. The van der Waals surface area contributed by atoms with E-state index in [2.05, 4.69) is 32.6 Å². The van der Waals surface area contributed by atoms with Crippen LogP contribution in [0.1, 0.15) is 34.0 Å². The zero-order valence-corrected chi connectivity index (χ0v) is 18.0. The average Bonchev–Trinajstić information content (AvgIpc) is 3.50. The molecule has 1 amide bonds. The molecule has 0 saturated heterocycles. The second-order valence-electron chi connectivity index (χ2n) is 8.10. The maximum atomic E-state index is 12.8. The fraction of sp³-hybridized carbons (Fsp3) is 0.200. The molecule has 2 heterocycles. The Hall–Kier alpha value is -4.00. The first kappa shape index (κ1) is 19.9. The molecule has 5 rings (SSSR count). The van der Waals surface area contributed by atoms with E-state index in [1.165, 1.54) is 5.56 Å². The minimum absolute atomic E-state index is 0.0805. The summed E-state index contributed by atoms with van der Waals surface area (Å²) in [6, 6.07) is 17.5. The van der Waals surface area contributed by atoms with E-state index in [1.807, 2.05) is 72.5 Å². The highest BCUT2D eigenvalue weighted by Gasteiger charge is 2.41. The number of benzene rings is 2. The Labute approximate surface area is 186 Å². The predicted octanol–water partition coefficient (Wildman–Crippen LogP) is 4.22. The molecule has 0 spiro atoms. The summed E-state index contributed by atoms with van der Waals surface area (Å²) < 4.78 is 1.87. The van der Waals surface area contributed by atoms with E-state index < -0.39 is 0 Å². The predicted molar refractivity (Wildman–Crippen MR) is 124 cm³/mol. The molecule has 2 N–H and O–H groups in total. The molecular formula is C25H24N6O. The molecule has 0 bridgehead atoms. The van der Waals surface area contributed by atoms with E-state index >= 15 is 0 Å². The standard InChI is InChI=1S/C25H24N6O/c1-16-22(15-28-31(16)2)21-12-23(21)30-24(32)18-9-6-10-20(11-18)29-25-26-13-19(14-27-25)17-7-4-3-5-8-17/h3-11,13-15,21,23H,12H2,1-2H3,(H,30,32)(H,26,27,29). The summed E-state index contributed by atoms with van der Waals surface area (Å²) in [5.41, 5.74) is 5.75. The van der Waals surface area contributed by atoms with Crippen LogP contribution in [0, 0.1) is 6.92 Å². The number of rotatable bonds is 6. The van der Waals surface area contributed by atoms with Gasteiger partial charge in [-0.2, -0.15) is 5.10 Å². The SMILES string of the molecule is Cc1c(C2CC2NC(=O)c2cccc(Nc3ncc(-c4ccccc4)cn3)c2)cnn1C. The Kier molecular flexibility index (Phi) is 5.15. The number of anilines is 2. The second-order valence-corrected chi connectivity index (χ2v) is 8.10. The van der Waals surface area contributed by atoms with Crippen molar-refractivity contribution in [1.82, 2.24) is 25.1 Å². The molecule has 1 fully saturated rings. The first-order valence-corrected chi connectivity index (χ1v) is 10.6. The topological polar surface area (TPSA) is 84.7 Å². The molecule has 1 saturated carbocycles. The quantitative estimate of drug-likeness (QED) is 0.484. The van der Waals surface area contributed by atoms with Crippen LogP contribution in [-0.2, 0) is 7.05 Å². The minimum atomic E-state index is -0.0805. The van der Waals surface area contributed by atoms with E-state index in [-0.39, 0.29) is 11.9 Å². The maximum absolute atomic E-state index is 12.8. The average molecular weight is 425 g/mol. The summed E-state index contributed by atoms with van der Waals surface area (Å²) in [4.78, 5) is 21.6. The van der Waals surface area contributed by atoms with Gasteiger partial charge in [-0.1, -0.05) is 36.4 Å². The lowest BCUT2D eigenvalue weighted by molar-refractivity contribution is 0.0950. The van der Waals surface area contributed by atoms with Gasteiger partial charge in [-0.15, -0.1) is 0 Å². The summed E-state index contributed by atoms with van der Waals surface area (Å²) in [6.07, 6.45) is 6.42. The van der Waals surface area contributed by atoms with Crippen molar-refractivity contribution in [3.63, 3.8) is 0 Å². The molecule has 2 aromatic heterocycles. The number of carbonyl (C=O) groups excluding carboxylic acids is 1. The van der Waals surface area contributed by atoms with Gasteiger partial charge in [0.15, 0.2) is 0 Å². The van der Waals surface area contributed by atoms with Gasteiger partial charge in [-0.25, -0.2) is 9.97 Å². The van der Waals surface area contributed by atoms with Crippen LogP contribution in [0.4, 0.5) is 11.6 Å². The van der Waals surface area contributed by atoms with Crippen molar-refractivity contribution in [2.24, 2.45) is 7.05 Å². The van der Waals surface area contributed by atoms with Crippen LogP contribution in [0.2, 0.25) is 0 Å². The zero-order chi connectivity index (χ0) is 22.1. The highest BCUT2D eigenvalue weighted by atomic mass is 16.1. The highest BCUT2D eigenvalue weighted by Crippen LogP contribution is 2.42. The van der Waals surface area contributed by atoms with E-state index in [4.69, 9.17) is 0 Å².